The number of nitrogens with zero attached hydrogens (tertiary/aromatic N) is 4. The van der Waals surface area contributed by atoms with Crippen LogP contribution < -0.4 is 4.74 Å². The Morgan fingerprint density at radius 3 is 2.69 bits per heavy atom. The molecular weight excluding hydrogens is 366 g/mol. The Balaban J connectivity index is 1.45. The number of carbonyl (C=O) groups excluding carboxylic acids is 1. The van der Waals surface area contributed by atoms with Crippen LogP contribution in [0.15, 0.2) is 73.1 Å². The third kappa shape index (κ3) is 4.03. The Hall–Kier alpha value is -3.87. The number of benzene rings is 2. The van der Waals surface area contributed by atoms with Crippen molar-refractivity contribution in [3.8, 4) is 22.7 Å². The molecule has 4 aromatic rings. The van der Waals surface area contributed by atoms with Crippen molar-refractivity contribution in [2.45, 2.75) is 6.54 Å². The van der Waals surface area contributed by atoms with E-state index in [2.05, 4.69) is 15.3 Å². The number of hydrogen-bond acceptors (Lipinski definition) is 4. The average molecular weight is 387 g/mol. The van der Waals surface area contributed by atoms with Crippen molar-refractivity contribution in [3.63, 3.8) is 0 Å². The minimum absolute atomic E-state index is 0.122. The fourth-order valence-corrected chi connectivity index (χ4v) is 3.09. The van der Waals surface area contributed by atoms with Crippen molar-refractivity contribution in [2.75, 3.05) is 14.2 Å². The zero-order valence-corrected chi connectivity index (χ0v) is 16.2. The first-order valence-corrected chi connectivity index (χ1v) is 9.18. The Labute approximate surface area is 168 Å². The summed E-state index contributed by atoms with van der Waals surface area (Å²) in [6, 6.07) is 19.2. The average Bonchev–Trinajstić information content (AvgIpc) is 3.46. The monoisotopic (exact) mass is 387 g/mol. The van der Waals surface area contributed by atoms with E-state index in [1.807, 2.05) is 60.8 Å². The van der Waals surface area contributed by atoms with Gasteiger partial charge in [-0.1, -0.05) is 24.3 Å². The van der Waals surface area contributed by atoms with Gasteiger partial charge in [0.15, 0.2) is 0 Å². The van der Waals surface area contributed by atoms with E-state index in [-0.39, 0.29) is 5.91 Å². The highest BCUT2D eigenvalue weighted by Gasteiger charge is 2.16. The number of amides is 1. The summed E-state index contributed by atoms with van der Waals surface area (Å²) in [4.78, 5) is 14.4. The Morgan fingerprint density at radius 1 is 1.14 bits per heavy atom. The Bertz CT molecular complexity index is 1100. The van der Waals surface area contributed by atoms with Crippen molar-refractivity contribution in [1.82, 2.24) is 24.9 Å². The summed E-state index contributed by atoms with van der Waals surface area (Å²) in [6.07, 6.45) is 3.63. The minimum atomic E-state index is -0.122. The Morgan fingerprint density at radius 2 is 1.97 bits per heavy atom. The van der Waals surface area contributed by atoms with Gasteiger partial charge in [0.25, 0.3) is 5.91 Å². The molecule has 1 N–H and O–H groups in total. The van der Waals surface area contributed by atoms with Crippen LogP contribution in [-0.2, 0) is 6.54 Å². The molecule has 0 unspecified atom stereocenters. The molecule has 0 atom stereocenters. The van der Waals surface area contributed by atoms with Gasteiger partial charge in [-0.2, -0.15) is 10.2 Å². The molecule has 7 nitrogen and oxygen atoms in total. The number of rotatable bonds is 6. The summed E-state index contributed by atoms with van der Waals surface area (Å²) in [5.74, 6) is 0.622. The van der Waals surface area contributed by atoms with Crippen LogP contribution in [0.3, 0.4) is 0 Å². The fraction of sp³-hybridized carbons (Fsp3) is 0.136. The first-order valence-electron chi connectivity index (χ1n) is 9.18. The SMILES string of the molecule is COc1cccc(-c2cc(C(=O)N(C)Cc3ccc(-n4cccn4)cc3)[nH]n2)c1. The number of aromatic nitrogens is 4. The molecule has 0 radical (unpaired) electrons. The molecule has 7 heteroatoms. The van der Waals surface area contributed by atoms with E-state index < -0.39 is 0 Å². The summed E-state index contributed by atoms with van der Waals surface area (Å²) in [5.41, 5.74) is 4.03. The maximum absolute atomic E-state index is 12.8. The van der Waals surface area contributed by atoms with Crippen LogP contribution in [-0.4, -0.2) is 44.9 Å². The van der Waals surface area contributed by atoms with Crippen molar-refractivity contribution >= 4 is 5.91 Å². The van der Waals surface area contributed by atoms with Crippen LogP contribution in [0.1, 0.15) is 16.1 Å². The predicted octanol–water partition coefficient (Wildman–Crippen LogP) is 3.54. The van der Waals surface area contributed by atoms with Gasteiger partial charge in [-0.25, -0.2) is 4.68 Å². The summed E-state index contributed by atoms with van der Waals surface area (Å²) < 4.78 is 7.04. The lowest BCUT2D eigenvalue weighted by atomic mass is 10.1. The highest BCUT2D eigenvalue weighted by molar-refractivity contribution is 5.93. The van der Waals surface area contributed by atoms with E-state index in [0.29, 0.717) is 17.9 Å². The number of aromatic amines is 1. The molecule has 0 spiro atoms. The molecule has 0 saturated carbocycles. The van der Waals surface area contributed by atoms with E-state index in [4.69, 9.17) is 4.74 Å². The number of nitrogens with one attached hydrogen (secondary N) is 1. The highest BCUT2D eigenvalue weighted by atomic mass is 16.5. The standard InChI is InChI=1S/C22H21N5O2/c1-26(15-16-7-9-18(10-8-16)27-12-4-11-23-27)22(28)21-14-20(24-25-21)17-5-3-6-19(13-17)29-2/h3-14H,15H2,1-2H3,(H,24,25). The van der Waals surface area contributed by atoms with Gasteiger partial charge in [-0.05, 0) is 42.0 Å². The normalized spacial score (nSPS) is 10.7. The third-order valence-electron chi connectivity index (χ3n) is 4.65. The molecule has 29 heavy (non-hydrogen) atoms. The number of hydrogen-bond donors (Lipinski definition) is 1. The lowest BCUT2D eigenvalue weighted by molar-refractivity contribution is 0.0779. The van der Waals surface area contributed by atoms with Crippen LogP contribution in [0.4, 0.5) is 0 Å². The van der Waals surface area contributed by atoms with Gasteiger partial charge in [0.05, 0.1) is 18.5 Å². The van der Waals surface area contributed by atoms with Crippen LogP contribution >= 0.6 is 0 Å². The molecule has 2 heterocycles. The first kappa shape index (κ1) is 18.5. The molecule has 0 saturated heterocycles. The van der Waals surface area contributed by atoms with E-state index in [1.54, 1.807) is 36.0 Å². The van der Waals surface area contributed by atoms with E-state index in [1.165, 1.54) is 0 Å². The number of methoxy groups -OCH3 is 1. The summed E-state index contributed by atoms with van der Waals surface area (Å²) >= 11 is 0. The fourth-order valence-electron chi connectivity index (χ4n) is 3.09. The predicted molar refractivity (Wildman–Crippen MR) is 110 cm³/mol. The largest absolute Gasteiger partial charge is 0.497 e. The molecular formula is C22H21N5O2. The Kier molecular flexibility index (Phi) is 5.11. The second-order valence-corrected chi connectivity index (χ2v) is 6.68. The molecule has 1 amide bonds. The van der Waals surface area contributed by atoms with Crippen molar-refractivity contribution < 1.29 is 9.53 Å². The molecule has 0 fully saturated rings. The van der Waals surface area contributed by atoms with Gasteiger partial charge in [-0.3, -0.25) is 9.89 Å². The summed E-state index contributed by atoms with van der Waals surface area (Å²) in [5, 5.41) is 11.3. The molecule has 146 valence electrons. The maximum Gasteiger partial charge on any atom is 0.271 e. The molecule has 2 aromatic heterocycles. The van der Waals surface area contributed by atoms with Gasteiger partial charge in [0.1, 0.15) is 11.4 Å². The van der Waals surface area contributed by atoms with E-state index >= 15 is 0 Å². The lowest BCUT2D eigenvalue weighted by Crippen LogP contribution is -2.26. The second kappa shape index (κ2) is 8.02. The van der Waals surface area contributed by atoms with Crippen molar-refractivity contribution in [2.24, 2.45) is 0 Å². The zero-order valence-electron chi connectivity index (χ0n) is 16.2. The van der Waals surface area contributed by atoms with Crippen LogP contribution in [0.5, 0.6) is 5.75 Å². The topological polar surface area (TPSA) is 76.0 Å². The number of carbonyl (C=O) groups is 1. The quantitative estimate of drug-likeness (QED) is 0.549. The van der Waals surface area contributed by atoms with Gasteiger partial charge in [0.2, 0.25) is 0 Å². The minimum Gasteiger partial charge on any atom is -0.497 e. The van der Waals surface area contributed by atoms with Crippen LogP contribution in [0, 0.1) is 0 Å². The lowest BCUT2D eigenvalue weighted by Gasteiger charge is -2.16. The molecule has 4 rings (SSSR count). The molecule has 0 aliphatic rings. The number of H-pyrrole nitrogens is 1. The second-order valence-electron chi connectivity index (χ2n) is 6.68. The third-order valence-corrected chi connectivity index (χ3v) is 4.65. The van der Waals surface area contributed by atoms with Gasteiger partial charge >= 0.3 is 0 Å². The van der Waals surface area contributed by atoms with Gasteiger partial charge < -0.3 is 9.64 Å². The summed E-state index contributed by atoms with van der Waals surface area (Å²) in [6.45, 7) is 0.492. The van der Waals surface area contributed by atoms with Crippen molar-refractivity contribution in [3.05, 3.63) is 84.3 Å². The van der Waals surface area contributed by atoms with E-state index in [0.717, 1.165) is 22.6 Å². The maximum atomic E-state index is 12.8. The van der Waals surface area contributed by atoms with Crippen LogP contribution in [0.25, 0.3) is 16.9 Å². The van der Waals surface area contributed by atoms with Crippen molar-refractivity contribution in [1.29, 1.82) is 0 Å². The molecule has 0 aliphatic carbocycles. The molecule has 2 aromatic carbocycles. The molecule has 0 bridgehead atoms. The summed E-state index contributed by atoms with van der Waals surface area (Å²) in [7, 11) is 3.39. The smallest absolute Gasteiger partial charge is 0.271 e. The van der Waals surface area contributed by atoms with Gasteiger partial charge in [-0.15, -0.1) is 0 Å². The van der Waals surface area contributed by atoms with Crippen LogP contribution in [0.2, 0.25) is 0 Å². The molecule has 0 aliphatic heterocycles. The number of ether oxygens (including phenoxy) is 1. The first-order chi connectivity index (χ1) is 14.1. The van der Waals surface area contributed by atoms with Gasteiger partial charge in [0, 0.05) is 31.5 Å². The zero-order chi connectivity index (χ0) is 20.2. The highest BCUT2D eigenvalue weighted by Crippen LogP contribution is 2.23. The van der Waals surface area contributed by atoms with E-state index in [9.17, 15) is 4.79 Å².